The van der Waals surface area contributed by atoms with Gasteiger partial charge in [0.1, 0.15) is 0 Å². The summed E-state index contributed by atoms with van der Waals surface area (Å²) >= 11 is 0. The summed E-state index contributed by atoms with van der Waals surface area (Å²) in [6.45, 7) is 0. The molecule has 0 aromatic heterocycles. The van der Waals surface area contributed by atoms with Crippen molar-refractivity contribution >= 4 is 5.57 Å². The van der Waals surface area contributed by atoms with Gasteiger partial charge in [-0.15, -0.1) is 0 Å². The van der Waals surface area contributed by atoms with Gasteiger partial charge in [-0.2, -0.15) is 0 Å². The van der Waals surface area contributed by atoms with Crippen LogP contribution in [0.2, 0.25) is 0 Å². The SMILES string of the molecule is C(=C(\C=C\CCc1ccccc1)c1ccccc1)/C(=C/CCCc1ccccc1)CCCc1ccccc1. The second-order valence-electron chi connectivity index (χ2n) is 9.89. The van der Waals surface area contributed by atoms with Crippen LogP contribution in [0, 0.1) is 0 Å². The Labute approximate surface area is 230 Å². The molecule has 0 spiro atoms. The van der Waals surface area contributed by atoms with E-state index in [1.54, 1.807) is 0 Å². The van der Waals surface area contributed by atoms with E-state index in [9.17, 15) is 0 Å². The predicted molar refractivity (Wildman–Crippen MR) is 165 cm³/mol. The van der Waals surface area contributed by atoms with E-state index < -0.39 is 0 Å². The smallest absolute Gasteiger partial charge is 0.0184 e. The van der Waals surface area contributed by atoms with E-state index in [4.69, 9.17) is 0 Å². The highest BCUT2D eigenvalue weighted by atomic mass is 14.1. The standard InChI is InChI=1S/C38H40/c1-5-18-33(19-6-1)24-13-14-26-36(28-17-27-35-22-9-3-10-23-35)32-38(37-29-11-4-12-30-37)31-16-15-25-34-20-7-2-8-21-34/h1-12,16,18-23,26,29-32H,13-15,17,24-25,27-28H2/b31-16+,36-26+,38-32-. The van der Waals surface area contributed by atoms with E-state index in [1.807, 2.05) is 0 Å². The lowest BCUT2D eigenvalue weighted by atomic mass is 9.97. The summed E-state index contributed by atoms with van der Waals surface area (Å²) in [6, 6.07) is 43.3. The minimum atomic E-state index is 1.04. The van der Waals surface area contributed by atoms with E-state index in [2.05, 4.69) is 146 Å². The molecule has 0 unspecified atom stereocenters. The monoisotopic (exact) mass is 496 g/mol. The van der Waals surface area contributed by atoms with Crippen LogP contribution in [0.4, 0.5) is 0 Å². The van der Waals surface area contributed by atoms with Crippen LogP contribution in [-0.4, -0.2) is 0 Å². The molecule has 0 aliphatic carbocycles. The van der Waals surface area contributed by atoms with Gasteiger partial charge >= 0.3 is 0 Å². The topological polar surface area (TPSA) is 0 Å². The van der Waals surface area contributed by atoms with Gasteiger partial charge in [-0.05, 0) is 79.2 Å². The summed E-state index contributed by atoms with van der Waals surface area (Å²) in [6.07, 6.45) is 18.5. The first kappa shape index (κ1) is 27.1. The molecule has 4 rings (SSSR count). The lowest BCUT2D eigenvalue weighted by molar-refractivity contribution is 0.802. The number of rotatable bonds is 14. The van der Waals surface area contributed by atoms with Crippen molar-refractivity contribution in [1.82, 2.24) is 0 Å². The normalized spacial score (nSPS) is 12.2. The molecule has 0 radical (unpaired) electrons. The molecule has 0 atom stereocenters. The molecule has 0 N–H and O–H groups in total. The highest BCUT2D eigenvalue weighted by Crippen LogP contribution is 2.22. The zero-order valence-electron chi connectivity index (χ0n) is 22.5. The molecule has 0 saturated carbocycles. The average Bonchev–Trinajstić information content (AvgIpc) is 2.98. The Morgan fingerprint density at radius 2 is 1.00 bits per heavy atom. The molecule has 0 bridgehead atoms. The summed E-state index contributed by atoms with van der Waals surface area (Å²) in [5.41, 5.74) is 8.26. The molecule has 192 valence electrons. The van der Waals surface area contributed by atoms with Gasteiger partial charge in [0.2, 0.25) is 0 Å². The zero-order chi connectivity index (χ0) is 26.1. The van der Waals surface area contributed by atoms with Crippen molar-refractivity contribution in [2.75, 3.05) is 0 Å². The molecule has 38 heavy (non-hydrogen) atoms. The first-order valence-electron chi connectivity index (χ1n) is 14.1. The zero-order valence-corrected chi connectivity index (χ0v) is 22.5. The van der Waals surface area contributed by atoms with Crippen molar-refractivity contribution < 1.29 is 0 Å². The van der Waals surface area contributed by atoms with Gasteiger partial charge in [0, 0.05) is 0 Å². The summed E-state index contributed by atoms with van der Waals surface area (Å²) in [5.74, 6) is 0. The third-order valence-electron chi connectivity index (χ3n) is 6.88. The Morgan fingerprint density at radius 1 is 0.500 bits per heavy atom. The summed E-state index contributed by atoms with van der Waals surface area (Å²) in [4.78, 5) is 0. The van der Waals surface area contributed by atoms with Gasteiger partial charge in [0.25, 0.3) is 0 Å². The maximum Gasteiger partial charge on any atom is -0.0184 e. The third kappa shape index (κ3) is 9.87. The van der Waals surface area contributed by atoms with E-state index in [-0.39, 0.29) is 0 Å². The number of aryl methyl sites for hydroxylation is 3. The van der Waals surface area contributed by atoms with Gasteiger partial charge in [0.05, 0.1) is 0 Å². The molecule has 4 aromatic carbocycles. The molecule has 0 aliphatic rings. The molecule has 0 fully saturated rings. The quantitative estimate of drug-likeness (QED) is 0.120. The van der Waals surface area contributed by atoms with Crippen molar-refractivity contribution in [3.8, 4) is 0 Å². The maximum absolute atomic E-state index is 2.48. The molecule has 4 aromatic rings. The van der Waals surface area contributed by atoms with Gasteiger partial charge in [0.15, 0.2) is 0 Å². The Hall–Kier alpha value is -3.90. The van der Waals surface area contributed by atoms with Crippen molar-refractivity contribution in [2.45, 2.75) is 51.4 Å². The lowest BCUT2D eigenvalue weighted by Gasteiger charge is -2.09. The summed E-state index contributed by atoms with van der Waals surface area (Å²) in [7, 11) is 0. The number of unbranched alkanes of at least 4 members (excludes halogenated alkanes) is 1. The molecular formula is C38H40. The number of allylic oxidation sites excluding steroid dienone is 6. The number of hydrogen-bond donors (Lipinski definition) is 0. The fraction of sp³-hybridized carbons (Fsp3) is 0.211. The molecule has 0 nitrogen and oxygen atoms in total. The van der Waals surface area contributed by atoms with Crippen LogP contribution in [0.3, 0.4) is 0 Å². The Bertz CT molecular complexity index is 1260. The minimum absolute atomic E-state index is 1.04. The van der Waals surface area contributed by atoms with Crippen molar-refractivity contribution in [2.24, 2.45) is 0 Å². The second-order valence-corrected chi connectivity index (χ2v) is 9.89. The van der Waals surface area contributed by atoms with Gasteiger partial charge < -0.3 is 0 Å². The first-order chi connectivity index (χ1) is 18.9. The fourth-order valence-corrected chi connectivity index (χ4v) is 4.78. The number of benzene rings is 4. The van der Waals surface area contributed by atoms with Gasteiger partial charge in [-0.1, -0.05) is 151 Å². The van der Waals surface area contributed by atoms with Crippen LogP contribution in [-0.2, 0) is 19.3 Å². The Balaban J connectivity index is 1.47. The molecule has 0 saturated heterocycles. The highest BCUT2D eigenvalue weighted by molar-refractivity contribution is 5.76. The maximum atomic E-state index is 2.48. The molecule has 0 aliphatic heterocycles. The number of hydrogen-bond acceptors (Lipinski definition) is 0. The third-order valence-corrected chi connectivity index (χ3v) is 6.88. The van der Waals surface area contributed by atoms with E-state index in [0.717, 1.165) is 44.9 Å². The molecule has 0 heterocycles. The fourth-order valence-electron chi connectivity index (χ4n) is 4.78. The van der Waals surface area contributed by atoms with E-state index in [1.165, 1.54) is 39.8 Å². The molecule has 0 amide bonds. The van der Waals surface area contributed by atoms with Crippen molar-refractivity contribution in [3.63, 3.8) is 0 Å². The van der Waals surface area contributed by atoms with Crippen molar-refractivity contribution in [3.05, 3.63) is 173 Å². The van der Waals surface area contributed by atoms with Crippen LogP contribution in [0.1, 0.15) is 54.4 Å². The predicted octanol–water partition coefficient (Wildman–Crippen LogP) is 10.2. The van der Waals surface area contributed by atoms with Crippen LogP contribution in [0.15, 0.2) is 151 Å². The second kappa shape index (κ2) is 16.0. The van der Waals surface area contributed by atoms with E-state index in [0.29, 0.717) is 0 Å². The Kier molecular flexibility index (Phi) is 11.5. The van der Waals surface area contributed by atoms with E-state index >= 15 is 0 Å². The summed E-state index contributed by atoms with van der Waals surface area (Å²) in [5, 5.41) is 0. The van der Waals surface area contributed by atoms with Crippen LogP contribution in [0.25, 0.3) is 5.57 Å². The van der Waals surface area contributed by atoms with Crippen LogP contribution < -0.4 is 0 Å². The largest absolute Gasteiger partial charge is 0.0836 e. The summed E-state index contributed by atoms with van der Waals surface area (Å²) < 4.78 is 0. The van der Waals surface area contributed by atoms with Gasteiger partial charge in [-0.3, -0.25) is 0 Å². The highest BCUT2D eigenvalue weighted by Gasteiger charge is 2.03. The average molecular weight is 497 g/mol. The Morgan fingerprint density at radius 3 is 1.58 bits per heavy atom. The van der Waals surface area contributed by atoms with Gasteiger partial charge in [-0.25, -0.2) is 0 Å². The van der Waals surface area contributed by atoms with Crippen molar-refractivity contribution in [1.29, 1.82) is 0 Å². The first-order valence-corrected chi connectivity index (χ1v) is 14.1. The van der Waals surface area contributed by atoms with Crippen LogP contribution >= 0.6 is 0 Å². The lowest BCUT2D eigenvalue weighted by Crippen LogP contribution is -1.90. The minimum Gasteiger partial charge on any atom is -0.0836 e. The molecular weight excluding hydrogens is 456 g/mol. The molecule has 0 heteroatoms. The van der Waals surface area contributed by atoms with Crippen LogP contribution in [0.5, 0.6) is 0 Å².